The monoisotopic (exact) mass is 421 g/mol. The number of nitrogens with two attached hydrogens (primary N) is 1. The number of aromatic nitrogens is 2. The number of benzene rings is 1. The maximum atomic E-state index is 14.3. The molecule has 1 aromatic heterocycles. The Hall–Kier alpha value is -3.34. The predicted molar refractivity (Wildman–Crippen MR) is 89.2 cm³/mol. The molecule has 0 unspecified atom stereocenters. The van der Waals surface area contributed by atoms with Crippen molar-refractivity contribution >= 4 is 15.7 Å². The van der Waals surface area contributed by atoms with Crippen LogP contribution in [0.1, 0.15) is 18.2 Å². The Kier molecular flexibility index (Phi) is 5.24. The van der Waals surface area contributed by atoms with Crippen molar-refractivity contribution in [3.63, 3.8) is 0 Å². The van der Waals surface area contributed by atoms with Gasteiger partial charge in [-0.15, -0.1) is 0 Å². The molecule has 0 saturated heterocycles. The second-order valence-corrected chi connectivity index (χ2v) is 7.33. The zero-order valence-electron chi connectivity index (χ0n) is 13.9. The van der Waals surface area contributed by atoms with E-state index < -0.39 is 66.3 Å². The van der Waals surface area contributed by atoms with Gasteiger partial charge in [-0.05, 0) is 19.1 Å². The third kappa shape index (κ3) is 3.83. The van der Waals surface area contributed by atoms with E-state index in [2.05, 4.69) is 0 Å². The van der Waals surface area contributed by atoms with Crippen LogP contribution >= 0.6 is 0 Å². The molecule has 0 aliphatic heterocycles. The number of alkyl halides is 3. The van der Waals surface area contributed by atoms with Crippen molar-refractivity contribution in [1.29, 1.82) is 5.26 Å². The fourth-order valence-corrected chi connectivity index (χ4v) is 2.79. The quantitative estimate of drug-likeness (QED) is 0.544. The Balaban J connectivity index is 2.84. The smallest absolute Gasteiger partial charge is 0.335 e. The Morgan fingerprint density at radius 2 is 1.86 bits per heavy atom. The van der Waals surface area contributed by atoms with Crippen molar-refractivity contribution in [3.8, 4) is 11.8 Å². The first-order valence-electron chi connectivity index (χ1n) is 7.28. The average molecular weight is 421 g/mol. The zero-order chi connectivity index (χ0) is 21.4. The highest BCUT2D eigenvalue weighted by atomic mass is 32.2. The normalized spacial score (nSPS) is 11.9. The van der Waals surface area contributed by atoms with Gasteiger partial charge in [-0.25, -0.2) is 26.8 Å². The van der Waals surface area contributed by atoms with Gasteiger partial charge < -0.3 is 5.84 Å². The Labute approximate surface area is 154 Å². The third-order valence-electron chi connectivity index (χ3n) is 3.52. The van der Waals surface area contributed by atoms with Crippen molar-refractivity contribution in [2.45, 2.75) is 13.1 Å². The first-order chi connectivity index (χ1) is 12.8. The molecule has 150 valence electrons. The van der Waals surface area contributed by atoms with Crippen molar-refractivity contribution in [3.05, 3.63) is 56.1 Å². The lowest BCUT2D eigenvalue weighted by atomic mass is 10.1. The van der Waals surface area contributed by atoms with Gasteiger partial charge in [0.2, 0.25) is 10.0 Å². The molecular weight excluding hydrogens is 410 g/mol. The molecule has 0 atom stereocenters. The van der Waals surface area contributed by atoms with Gasteiger partial charge in [0.25, 0.3) is 5.56 Å². The lowest BCUT2D eigenvalue weighted by molar-refractivity contribution is -0.143. The van der Waals surface area contributed by atoms with Crippen molar-refractivity contribution in [2.75, 3.05) is 16.3 Å². The topological polar surface area (TPSA) is 140 Å². The van der Waals surface area contributed by atoms with Gasteiger partial charge >= 0.3 is 11.9 Å². The molecule has 0 bridgehead atoms. The molecule has 0 amide bonds. The van der Waals surface area contributed by atoms with Crippen molar-refractivity contribution in [1.82, 2.24) is 9.24 Å². The van der Waals surface area contributed by atoms with Gasteiger partial charge in [0.05, 0.1) is 22.7 Å². The summed E-state index contributed by atoms with van der Waals surface area (Å²) in [5.41, 5.74) is -6.91. The number of nitrogens with zero attached hydrogens (tertiary/aromatic N) is 3. The van der Waals surface area contributed by atoms with Crippen molar-refractivity contribution in [2.24, 2.45) is 0 Å². The van der Waals surface area contributed by atoms with Crippen LogP contribution in [0.3, 0.4) is 0 Å². The Bertz CT molecular complexity index is 1210. The molecule has 0 saturated carbocycles. The van der Waals surface area contributed by atoms with Gasteiger partial charge in [0.15, 0.2) is 5.69 Å². The van der Waals surface area contributed by atoms with Gasteiger partial charge in [-0.2, -0.15) is 18.4 Å². The van der Waals surface area contributed by atoms with Crippen LogP contribution in [0.4, 0.5) is 23.2 Å². The van der Waals surface area contributed by atoms with E-state index in [1.54, 1.807) is 0 Å². The number of rotatable bonds is 4. The van der Waals surface area contributed by atoms with E-state index in [0.29, 0.717) is 12.1 Å². The second-order valence-electron chi connectivity index (χ2n) is 5.32. The van der Waals surface area contributed by atoms with Crippen LogP contribution in [0.2, 0.25) is 0 Å². The summed E-state index contributed by atoms with van der Waals surface area (Å²) in [4.78, 5) is 24.2. The molecule has 0 fully saturated rings. The highest BCUT2D eigenvalue weighted by Gasteiger charge is 2.36. The highest BCUT2D eigenvalue weighted by molar-refractivity contribution is 7.92. The third-order valence-corrected chi connectivity index (χ3v) is 4.81. The summed E-state index contributed by atoms with van der Waals surface area (Å²) in [6, 6.07) is 2.66. The fourth-order valence-electron chi connectivity index (χ4n) is 2.15. The Morgan fingerprint density at radius 3 is 2.36 bits per heavy atom. The molecule has 2 aromatic rings. The van der Waals surface area contributed by atoms with Gasteiger partial charge in [-0.3, -0.25) is 9.52 Å². The summed E-state index contributed by atoms with van der Waals surface area (Å²) in [6.07, 6.45) is -5.13. The number of nitrogen functional groups attached to an aromatic ring is 1. The van der Waals surface area contributed by atoms with Crippen LogP contribution in [0, 0.1) is 17.1 Å². The number of nitrogens with one attached hydrogen (secondary N) is 1. The number of halogens is 4. The van der Waals surface area contributed by atoms with Crippen LogP contribution < -0.4 is 21.8 Å². The van der Waals surface area contributed by atoms with Crippen molar-refractivity contribution < 1.29 is 26.0 Å². The number of hydrogen-bond donors (Lipinski definition) is 2. The largest absolute Gasteiger partial charge is 0.433 e. The SMILES string of the molecule is CCS(=O)(=O)Nc1cc(-n2c(=O)cc(C(F)(F)F)n(N)c2=O)c(F)cc1C#N. The van der Waals surface area contributed by atoms with E-state index in [1.165, 1.54) is 13.0 Å². The number of anilines is 1. The van der Waals surface area contributed by atoms with Crippen LogP contribution in [0.25, 0.3) is 5.69 Å². The van der Waals surface area contributed by atoms with Gasteiger partial charge in [0.1, 0.15) is 11.9 Å². The minimum Gasteiger partial charge on any atom is -0.335 e. The molecule has 3 N–H and O–H groups in total. The summed E-state index contributed by atoms with van der Waals surface area (Å²) >= 11 is 0. The Morgan fingerprint density at radius 1 is 1.25 bits per heavy atom. The number of sulfonamides is 1. The molecule has 0 spiro atoms. The van der Waals surface area contributed by atoms with E-state index in [0.717, 1.165) is 0 Å². The van der Waals surface area contributed by atoms with E-state index >= 15 is 0 Å². The van der Waals surface area contributed by atoms with E-state index in [1.807, 2.05) is 4.72 Å². The minimum absolute atomic E-state index is 0.0184. The molecule has 0 radical (unpaired) electrons. The minimum atomic E-state index is -5.13. The molecule has 2 rings (SSSR count). The first-order valence-corrected chi connectivity index (χ1v) is 8.93. The summed E-state index contributed by atoms with van der Waals surface area (Å²) < 4.78 is 77.8. The zero-order valence-corrected chi connectivity index (χ0v) is 14.7. The standard InChI is InChI=1S/C14H11F4N5O4S/c1-2-28(26,27)21-9-4-10(8(15)3-7(9)6-19)22-12(24)5-11(14(16,17)18)23(20)13(22)25/h3-5,21H,2,20H2,1H3. The summed E-state index contributed by atoms with van der Waals surface area (Å²) in [6.45, 7) is 1.27. The van der Waals surface area contributed by atoms with E-state index in [9.17, 15) is 35.6 Å². The van der Waals surface area contributed by atoms with E-state index in [4.69, 9.17) is 11.1 Å². The molecule has 1 heterocycles. The summed E-state index contributed by atoms with van der Waals surface area (Å²) in [7, 11) is -3.94. The molecule has 9 nitrogen and oxygen atoms in total. The summed E-state index contributed by atoms with van der Waals surface area (Å²) in [5.74, 6) is 3.33. The molecule has 1 aromatic carbocycles. The van der Waals surface area contributed by atoms with Gasteiger partial charge in [0, 0.05) is 6.07 Å². The molecule has 0 aliphatic carbocycles. The van der Waals surface area contributed by atoms with Crippen LogP contribution in [0.15, 0.2) is 27.8 Å². The van der Waals surface area contributed by atoms with Gasteiger partial charge in [-0.1, -0.05) is 0 Å². The maximum absolute atomic E-state index is 14.3. The molecule has 14 heteroatoms. The number of hydrogen-bond acceptors (Lipinski definition) is 6. The van der Waals surface area contributed by atoms with Crippen LogP contribution in [0.5, 0.6) is 0 Å². The highest BCUT2D eigenvalue weighted by Crippen LogP contribution is 2.27. The van der Waals surface area contributed by atoms with E-state index in [-0.39, 0.29) is 10.6 Å². The lowest BCUT2D eigenvalue weighted by Gasteiger charge is -2.15. The number of nitriles is 1. The maximum Gasteiger partial charge on any atom is 0.433 e. The second kappa shape index (κ2) is 7.00. The predicted octanol–water partition coefficient (Wildman–Crippen LogP) is 0.504. The molecule has 28 heavy (non-hydrogen) atoms. The molecule has 0 aliphatic rings. The van der Waals surface area contributed by atoms with Crippen LogP contribution in [-0.4, -0.2) is 23.4 Å². The average Bonchev–Trinajstić information content (AvgIpc) is 2.59. The fraction of sp³-hybridized carbons (Fsp3) is 0.214. The first kappa shape index (κ1) is 21.0. The summed E-state index contributed by atoms with van der Waals surface area (Å²) in [5, 5.41) is 9.02. The van der Waals surface area contributed by atoms with Crippen LogP contribution in [-0.2, 0) is 16.2 Å². The lowest BCUT2D eigenvalue weighted by Crippen LogP contribution is -2.45. The molecular formula is C14H11F4N5O4S.